The summed E-state index contributed by atoms with van der Waals surface area (Å²) in [5.41, 5.74) is 0.695. The second-order valence-corrected chi connectivity index (χ2v) is 5.86. The minimum Gasteiger partial charge on any atom is -0.338 e. The Hall–Kier alpha value is -2.27. The lowest BCUT2D eigenvalue weighted by atomic mass is 10.2. The fourth-order valence-electron chi connectivity index (χ4n) is 1.72. The summed E-state index contributed by atoms with van der Waals surface area (Å²) in [6.07, 6.45) is -4.67. The normalized spacial score (nSPS) is 11.8. The van der Waals surface area contributed by atoms with Gasteiger partial charge in [-0.3, -0.25) is 0 Å². The maximum atomic E-state index is 12.6. The van der Waals surface area contributed by atoms with Crippen molar-refractivity contribution in [2.24, 2.45) is 0 Å². The Kier molecular flexibility index (Phi) is 4.37. The van der Waals surface area contributed by atoms with E-state index in [4.69, 9.17) is 22.0 Å². The van der Waals surface area contributed by atoms with Gasteiger partial charge in [0.1, 0.15) is 0 Å². The van der Waals surface area contributed by atoms with E-state index in [1.54, 1.807) is 24.3 Å². The minimum absolute atomic E-state index is 0.0911. The molecular weight excluding hydrogens is 369 g/mol. The number of hydrogen-bond acceptors (Lipinski definition) is 7. The zero-order valence-electron chi connectivity index (χ0n) is 11.7. The first-order valence-corrected chi connectivity index (χ1v) is 7.70. The van der Waals surface area contributed by atoms with Crippen LogP contribution in [0.5, 0.6) is 0 Å². The third kappa shape index (κ3) is 3.46. The molecule has 0 atom stereocenters. The molecule has 2 heterocycles. The Morgan fingerprint density at radius 1 is 1.21 bits per heavy atom. The van der Waals surface area contributed by atoms with Crippen LogP contribution in [-0.2, 0) is 11.9 Å². The van der Waals surface area contributed by atoms with Crippen LogP contribution in [0.4, 0.5) is 13.2 Å². The van der Waals surface area contributed by atoms with Gasteiger partial charge < -0.3 is 10.4 Å². The van der Waals surface area contributed by atoms with Gasteiger partial charge in [-0.25, -0.2) is 4.68 Å². The Morgan fingerprint density at radius 3 is 2.54 bits per heavy atom. The predicted octanol–water partition coefficient (Wildman–Crippen LogP) is 3.01. The molecule has 0 radical (unpaired) electrons. The van der Waals surface area contributed by atoms with Gasteiger partial charge in [0.05, 0.1) is 5.75 Å². The van der Waals surface area contributed by atoms with Gasteiger partial charge in [0, 0.05) is 10.6 Å². The van der Waals surface area contributed by atoms with Crippen LogP contribution in [0.1, 0.15) is 11.7 Å². The van der Waals surface area contributed by atoms with E-state index in [1.165, 1.54) is 0 Å². The zero-order valence-corrected chi connectivity index (χ0v) is 13.2. The van der Waals surface area contributed by atoms with E-state index in [0.29, 0.717) is 21.1 Å². The number of hydrogen-bond donors (Lipinski definition) is 1. The largest absolute Gasteiger partial charge is 0.453 e. The zero-order chi connectivity index (χ0) is 17.3. The summed E-state index contributed by atoms with van der Waals surface area (Å²) >= 11 is 6.69. The quantitative estimate of drug-likeness (QED) is 0.552. The van der Waals surface area contributed by atoms with E-state index in [9.17, 15) is 13.2 Å². The number of benzene rings is 1. The molecule has 3 aromatic rings. The second kappa shape index (κ2) is 6.32. The molecule has 3 rings (SSSR count). The molecule has 0 aliphatic carbocycles. The Labute approximate surface area is 142 Å². The molecule has 7 nitrogen and oxygen atoms in total. The van der Waals surface area contributed by atoms with Crippen molar-refractivity contribution in [2.75, 3.05) is 5.84 Å². The van der Waals surface area contributed by atoms with E-state index in [1.807, 2.05) is 0 Å². The third-order valence-corrected chi connectivity index (χ3v) is 3.99. The molecule has 2 N–H and O–H groups in total. The van der Waals surface area contributed by atoms with Crippen molar-refractivity contribution in [3.8, 4) is 11.4 Å². The number of aromatic nitrogens is 5. The summed E-state index contributed by atoms with van der Waals surface area (Å²) in [5, 5.41) is 10.7. The summed E-state index contributed by atoms with van der Waals surface area (Å²) < 4.78 is 43.2. The van der Waals surface area contributed by atoms with Gasteiger partial charge in [0.2, 0.25) is 16.9 Å². The van der Waals surface area contributed by atoms with Crippen molar-refractivity contribution >= 4 is 23.4 Å². The first kappa shape index (κ1) is 16.6. The fourth-order valence-corrected chi connectivity index (χ4v) is 2.54. The number of nitrogens with two attached hydrogens (primary N) is 1. The molecule has 0 aliphatic heterocycles. The average Bonchev–Trinajstić information content (AvgIpc) is 3.12. The molecule has 24 heavy (non-hydrogen) atoms. The van der Waals surface area contributed by atoms with Crippen LogP contribution in [0.3, 0.4) is 0 Å². The van der Waals surface area contributed by atoms with Crippen molar-refractivity contribution in [1.82, 2.24) is 25.0 Å². The smallest absolute Gasteiger partial charge is 0.338 e. The SMILES string of the molecule is Nn1c(SCc2nc(-c3ccc(Cl)cc3)no2)nnc1C(F)(F)F. The molecule has 0 saturated heterocycles. The minimum atomic E-state index is -4.67. The molecule has 0 amide bonds. The summed E-state index contributed by atoms with van der Waals surface area (Å²) in [6.45, 7) is 0. The van der Waals surface area contributed by atoms with Gasteiger partial charge in [-0.2, -0.15) is 18.2 Å². The highest BCUT2D eigenvalue weighted by molar-refractivity contribution is 7.98. The predicted molar refractivity (Wildman–Crippen MR) is 79.5 cm³/mol. The highest BCUT2D eigenvalue weighted by atomic mass is 35.5. The van der Waals surface area contributed by atoms with Crippen LogP contribution in [0.25, 0.3) is 11.4 Å². The number of halogens is 4. The third-order valence-electron chi connectivity index (χ3n) is 2.81. The van der Waals surface area contributed by atoms with Crippen LogP contribution in [0.15, 0.2) is 33.9 Å². The van der Waals surface area contributed by atoms with Crippen LogP contribution in [0.2, 0.25) is 5.02 Å². The number of nitrogen functional groups attached to an aromatic ring is 1. The van der Waals surface area contributed by atoms with E-state index in [-0.39, 0.29) is 16.8 Å². The molecule has 0 fully saturated rings. The maximum absolute atomic E-state index is 12.6. The summed E-state index contributed by atoms with van der Waals surface area (Å²) in [6, 6.07) is 6.79. The van der Waals surface area contributed by atoms with Crippen LogP contribution in [0, 0.1) is 0 Å². The van der Waals surface area contributed by atoms with Crippen LogP contribution >= 0.6 is 23.4 Å². The first-order chi connectivity index (χ1) is 11.3. The molecule has 0 spiro atoms. The number of nitrogens with zero attached hydrogens (tertiary/aromatic N) is 5. The van der Waals surface area contributed by atoms with E-state index in [2.05, 4.69) is 20.3 Å². The van der Waals surface area contributed by atoms with Gasteiger partial charge in [0.15, 0.2) is 0 Å². The van der Waals surface area contributed by atoms with Crippen molar-refractivity contribution in [3.05, 3.63) is 41.0 Å². The van der Waals surface area contributed by atoms with Gasteiger partial charge in [-0.1, -0.05) is 28.5 Å². The molecule has 2 aromatic heterocycles. The molecule has 0 saturated carbocycles. The molecule has 0 aliphatic rings. The second-order valence-electron chi connectivity index (χ2n) is 4.48. The first-order valence-electron chi connectivity index (χ1n) is 6.33. The molecule has 0 unspecified atom stereocenters. The lowest BCUT2D eigenvalue weighted by Crippen LogP contribution is -2.21. The molecule has 1 aromatic carbocycles. The summed E-state index contributed by atoms with van der Waals surface area (Å²) in [5.74, 6) is 4.70. The monoisotopic (exact) mass is 376 g/mol. The van der Waals surface area contributed by atoms with Gasteiger partial charge in [-0.05, 0) is 24.3 Å². The highest BCUT2D eigenvalue weighted by Gasteiger charge is 2.38. The van der Waals surface area contributed by atoms with Crippen molar-refractivity contribution in [1.29, 1.82) is 0 Å². The van der Waals surface area contributed by atoms with Crippen molar-refractivity contribution in [3.63, 3.8) is 0 Å². The van der Waals surface area contributed by atoms with Crippen LogP contribution < -0.4 is 5.84 Å². The van der Waals surface area contributed by atoms with Gasteiger partial charge in [-0.15, -0.1) is 10.2 Å². The number of thioether (sulfide) groups is 1. The van der Waals surface area contributed by atoms with Gasteiger partial charge >= 0.3 is 6.18 Å². The molecular formula is C12H8ClF3N6OS. The topological polar surface area (TPSA) is 95.7 Å². The van der Waals surface area contributed by atoms with E-state index >= 15 is 0 Å². The lowest BCUT2D eigenvalue weighted by molar-refractivity contribution is -0.146. The highest BCUT2D eigenvalue weighted by Crippen LogP contribution is 2.30. The van der Waals surface area contributed by atoms with Gasteiger partial charge in [0.25, 0.3) is 5.82 Å². The molecule has 126 valence electrons. The summed E-state index contributed by atoms with van der Waals surface area (Å²) in [4.78, 5) is 4.15. The lowest BCUT2D eigenvalue weighted by Gasteiger charge is -2.05. The van der Waals surface area contributed by atoms with E-state index in [0.717, 1.165) is 11.8 Å². The Bertz CT molecular complexity index is 847. The fraction of sp³-hybridized carbons (Fsp3) is 0.167. The number of rotatable bonds is 4. The molecule has 12 heteroatoms. The molecule has 0 bridgehead atoms. The average molecular weight is 377 g/mol. The number of alkyl halides is 3. The van der Waals surface area contributed by atoms with Crippen molar-refractivity contribution < 1.29 is 17.7 Å². The summed E-state index contributed by atoms with van der Waals surface area (Å²) in [7, 11) is 0. The van der Waals surface area contributed by atoms with Crippen molar-refractivity contribution in [2.45, 2.75) is 17.1 Å². The standard InChI is InChI=1S/C12H8ClF3N6OS/c13-7-3-1-6(2-4-7)9-18-8(23-21-9)5-24-11-20-19-10(22(11)17)12(14,15)16/h1-4H,5,17H2. The maximum Gasteiger partial charge on any atom is 0.453 e. The Morgan fingerprint density at radius 2 is 1.92 bits per heavy atom. The van der Waals surface area contributed by atoms with Crippen LogP contribution in [-0.4, -0.2) is 25.0 Å². The van der Waals surface area contributed by atoms with E-state index < -0.39 is 12.0 Å². The Balaban J connectivity index is 1.70.